The summed E-state index contributed by atoms with van der Waals surface area (Å²) in [6.07, 6.45) is 7.37. The summed E-state index contributed by atoms with van der Waals surface area (Å²) in [5, 5.41) is 8.95. The van der Waals surface area contributed by atoms with Crippen molar-refractivity contribution >= 4 is 17.8 Å². The highest BCUT2D eigenvalue weighted by Gasteiger charge is 2.03. The van der Waals surface area contributed by atoms with Crippen LogP contribution in [0.25, 0.3) is 0 Å². The molecule has 0 atom stereocenters. The molecule has 6 nitrogen and oxygen atoms in total. The normalized spacial score (nSPS) is 9.47. The van der Waals surface area contributed by atoms with E-state index in [9.17, 15) is 0 Å². The predicted molar refractivity (Wildman–Crippen MR) is 70.1 cm³/mol. The second-order valence-corrected chi connectivity index (χ2v) is 3.39. The van der Waals surface area contributed by atoms with Gasteiger partial charge in [-0.1, -0.05) is 19.3 Å². The minimum absolute atomic E-state index is 0.390. The highest BCUT2D eigenvalue weighted by molar-refractivity contribution is 5.42. The lowest BCUT2D eigenvalue weighted by atomic mass is 10.3. The number of terminal acetylenes is 1. The van der Waals surface area contributed by atoms with Gasteiger partial charge < -0.3 is 16.0 Å². The Morgan fingerprint density at radius 3 is 2.35 bits per heavy atom. The molecular formula is C11H18N6. The third-order valence-electron chi connectivity index (χ3n) is 2.02. The summed E-state index contributed by atoms with van der Waals surface area (Å²) >= 11 is 0. The second kappa shape index (κ2) is 7.28. The molecule has 0 saturated carbocycles. The molecule has 0 saturated heterocycles. The Hall–Kier alpha value is -2.03. The van der Waals surface area contributed by atoms with Gasteiger partial charge in [-0.05, 0) is 6.42 Å². The van der Waals surface area contributed by atoms with E-state index in [0.717, 1.165) is 19.4 Å². The van der Waals surface area contributed by atoms with Gasteiger partial charge in [-0.15, -0.1) is 6.42 Å². The van der Waals surface area contributed by atoms with Crippen molar-refractivity contribution in [3.05, 3.63) is 0 Å². The van der Waals surface area contributed by atoms with Crippen LogP contribution in [0.2, 0.25) is 0 Å². The lowest BCUT2D eigenvalue weighted by Gasteiger charge is -2.08. The van der Waals surface area contributed by atoms with Crippen LogP contribution < -0.4 is 16.0 Å². The van der Waals surface area contributed by atoms with Gasteiger partial charge in [0.1, 0.15) is 0 Å². The molecule has 0 unspecified atom stereocenters. The molecule has 0 aromatic carbocycles. The van der Waals surface area contributed by atoms with E-state index in [1.165, 1.54) is 0 Å². The summed E-state index contributed by atoms with van der Waals surface area (Å²) in [6.45, 7) is 3.37. The van der Waals surface area contributed by atoms with Crippen LogP contribution in [-0.2, 0) is 0 Å². The number of nitrogens with one attached hydrogen (secondary N) is 3. The molecule has 0 amide bonds. The standard InChI is InChI=1S/C11H18N6/c1-4-6-8-14-11-16-9(12-3)15-10(17-11)13-7-5-2/h2H,4,6-8H2,1,3H3,(H3,12,13,14,15,16,17). The van der Waals surface area contributed by atoms with Gasteiger partial charge in [-0.3, -0.25) is 0 Å². The number of rotatable bonds is 7. The van der Waals surface area contributed by atoms with Gasteiger partial charge in [0.25, 0.3) is 0 Å². The molecule has 1 heterocycles. The minimum atomic E-state index is 0.390. The molecule has 0 fully saturated rings. The van der Waals surface area contributed by atoms with Crippen molar-refractivity contribution in [3.8, 4) is 12.3 Å². The van der Waals surface area contributed by atoms with Crippen LogP contribution in [0.5, 0.6) is 0 Å². The number of aromatic nitrogens is 3. The number of hydrogen-bond acceptors (Lipinski definition) is 6. The first-order chi connectivity index (χ1) is 8.30. The van der Waals surface area contributed by atoms with Crippen LogP contribution in [0.1, 0.15) is 19.8 Å². The summed E-state index contributed by atoms with van der Waals surface area (Å²) in [7, 11) is 1.76. The van der Waals surface area contributed by atoms with E-state index in [-0.39, 0.29) is 0 Å². The van der Waals surface area contributed by atoms with Gasteiger partial charge in [-0.2, -0.15) is 15.0 Å². The van der Waals surface area contributed by atoms with Crippen LogP contribution in [0, 0.1) is 12.3 Å². The quantitative estimate of drug-likeness (QED) is 0.486. The maximum Gasteiger partial charge on any atom is 0.230 e. The molecule has 0 aliphatic rings. The first-order valence-electron chi connectivity index (χ1n) is 5.65. The maximum absolute atomic E-state index is 5.17. The van der Waals surface area contributed by atoms with Crippen molar-refractivity contribution in [2.45, 2.75) is 19.8 Å². The fourth-order valence-corrected chi connectivity index (χ4v) is 1.15. The fraction of sp³-hybridized carbons (Fsp3) is 0.545. The van der Waals surface area contributed by atoms with E-state index in [1.807, 2.05) is 0 Å². The van der Waals surface area contributed by atoms with E-state index in [1.54, 1.807) is 7.05 Å². The van der Waals surface area contributed by atoms with Crippen molar-refractivity contribution in [2.24, 2.45) is 0 Å². The van der Waals surface area contributed by atoms with Gasteiger partial charge >= 0.3 is 0 Å². The van der Waals surface area contributed by atoms with Gasteiger partial charge in [0.15, 0.2) is 0 Å². The molecule has 0 aliphatic heterocycles. The topological polar surface area (TPSA) is 74.8 Å². The van der Waals surface area contributed by atoms with Crippen LogP contribution in [-0.4, -0.2) is 35.1 Å². The maximum atomic E-state index is 5.17. The van der Waals surface area contributed by atoms with E-state index in [0.29, 0.717) is 24.4 Å². The minimum Gasteiger partial charge on any atom is -0.357 e. The number of hydrogen-bond donors (Lipinski definition) is 3. The molecule has 1 aromatic heterocycles. The van der Waals surface area contributed by atoms with Gasteiger partial charge in [0.05, 0.1) is 6.54 Å². The SMILES string of the molecule is C#CCNc1nc(NC)nc(NCCCC)n1. The van der Waals surface area contributed by atoms with E-state index in [2.05, 4.69) is 43.7 Å². The first kappa shape index (κ1) is 13.0. The monoisotopic (exact) mass is 234 g/mol. The van der Waals surface area contributed by atoms with Gasteiger partial charge in [0.2, 0.25) is 17.8 Å². The lowest BCUT2D eigenvalue weighted by Crippen LogP contribution is -2.12. The van der Waals surface area contributed by atoms with Crippen LogP contribution >= 0.6 is 0 Å². The number of anilines is 3. The van der Waals surface area contributed by atoms with Crippen molar-refractivity contribution < 1.29 is 0 Å². The molecule has 1 aromatic rings. The van der Waals surface area contributed by atoms with Crippen molar-refractivity contribution in [3.63, 3.8) is 0 Å². The van der Waals surface area contributed by atoms with E-state index >= 15 is 0 Å². The Balaban J connectivity index is 2.71. The average Bonchev–Trinajstić information content (AvgIpc) is 2.36. The summed E-state index contributed by atoms with van der Waals surface area (Å²) in [5.74, 6) is 4.01. The van der Waals surface area contributed by atoms with Crippen LogP contribution in [0.4, 0.5) is 17.8 Å². The fourth-order valence-electron chi connectivity index (χ4n) is 1.15. The Labute approximate surface area is 102 Å². The highest BCUT2D eigenvalue weighted by Crippen LogP contribution is 2.08. The zero-order valence-corrected chi connectivity index (χ0v) is 10.2. The summed E-state index contributed by atoms with van der Waals surface area (Å²) in [6, 6.07) is 0. The smallest absolute Gasteiger partial charge is 0.230 e. The lowest BCUT2D eigenvalue weighted by molar-refractivity contribution is 0.824. The average molecular weight is 234 g/mol. The van der Waals surface area contributed by atoms with Crippen LogP contribution in [0.3, 0.4) is 0 Å². The number of nitrogens with zero attached hydrogens (tertiary/aromatic N) is 3. The molecular weight excluding hydrogens is 216 g/mol. The van der Waals surface area contributed by atoms with Crippen molar-refractivity contribution in [1.82, 2.24) is 15.0 Å². The van der Waals surface area contributed by atoms with Crippen molar-refractivity contribution in [2.75, 3.05) is 36.1 Å². The second-order valence-electron chi connectivity index (χ2n) is 3.39. The Morgan fingerprint density at radius 2 is 1.76 bits per heavy atom. The van der Waals surface area contributed by atoms with E-state index in [4.69, 9.17) is 6.42 Å². The molecule has 0 bridgehead atoms. The third kappa shape index (κ3) is 4.55. The molecule has 0 radical (unpaired) electrons. The first-order valence-corrected chi connectivity index (χ1v) is 5.65. The summed E-state index contributed by atoms with van der Waals surface area (Å²) in [5.41, 5.74) is 0. The predicted octanol–water partition coefficient (Wildman–Crippen LogP) is 1.17. The summed E-state index contributed by atoms with van der Waals surface area (Å²) in [4.78, 5) is 12.5. The third-order valence-corrected chi connectivity index (χ3v) is 2.02. The van der Waals surface area contributed by atoms with Gasteiger partial charge in [-0.25, -0.2) is 0 Å². The zero-order valence-electron chi connectivity index (χ0n) is 10.2. The van der Waals surface area contributed by atoms with E-state index < -0.39 is 0 Å². The largest absolute Gasteiger partial charge is 0.357 e. The van der Waals surface area contributed by atoms with Gasteiger partial charge in [0, 0.05) is 13.6 Å². The molecule has 17 heavy (non-hydrogen) atoms. The molecule has 92 valence electrons. The zero-order chi connectivity index (χ0) is 12.5. The molecule has 6 heteroatoms. The molecule has 3 N–H and O–H groups in total. The number of unbranched alkanes of at least 4 members (excludes halogenated alkanes) is 1. The Kier molecular flexibility index (Phi) is 5.58. The Bertz CT molecular complexity index is 384. The molecule has 0 spiro atoms. The molecule has 0 aliphatic carbocycles. The van der Waals surface area contributed by atoms with Crippen molar-refractivity contribution in [1.29, 1.82) is 0 Å². The highest BCUT2D eigenvalue weighted by atomic mass is 15.3. The Morgan fingerprint density at radius 1 is 1.12 bits per heavy atom. The van der Waals surface area contributed by atoms with Crippen LogP contribution in [0.15, 0.2) is 0 Å². The summed E-state index contributed by atoms with van der Waals surface area (Å²) < 4.78 is 0. The molecule has 1 rings (SSSR count).